The van der Waals surface area contributed by atoms with Crippen LogP contribution in [0.2, 0.25) is 0 Å². The van der Waals surface area contributed by atoms with Gasteiger partial charge in [-0.1, -0.05) is 25.1 Å². The van der Waals surface area contributed by atoms with Crippen molar-refractivity contribution in [2.75, 3.05) is 0 Å². The molecular weight excluding hydrogens is 270 g/mol. The molecule has 1 aromatic carbocycles. The fraction of sp³-hybridized carbons (Fsp3) is 0.267. The molecule has 0 aliphatic heterocycles. The first kappa shape index (κ1) is 13.0. The van der Waals surface area contributed by atoms with E-state index < -0.39 is 0 Å². The summed E-state index contributed by atoms with van der Waals surface area (Å²) in [6.45, 7) is 5.87. The Kier molecular flexibility index (Phi) is 3.14. The maximum atomic E-state index is 12.8. The molecule has 20 heavy (non-hydrogen) atoms. The van der Waals surface area contributed by atoms with Gasteiger partial charge in [-0.15, -0.1) is 0 Å². The Labute approximate surface area is 120 Å². The standard InChI is InChI=1S/C15H15N3OS/c1-4-12-16-14-13(10(3)17-20-14)15(19)18(12)11-8-6-5-7-9(11)2/h5-8H,4H2,1-3H3. The summed E-state index contributed by atoms with van der Waals surface area (Å²) in [4.78, 5) is 18.2. The Morgan fingerprint density at radius 1 is 1.25 bits per heavy atom. The van der Waals surface area contributed by atoms with Gasteiger partial charge in [0.1, 0.15) is 11.2 Å². The van der Waals surface area contributed by atoms with Crippen molar-refractivity contribution < 1.29 is 0 Å². The highest BCUT2D eigenvalue weighted by Gasteiger charge is 2.16. The lowest BCUT2D eigenvalue weighted by Crippen LogP contribution is -2.24. The highest BCUT2D eigenvalue weighted by atomic mass is 32.1. The summed E-state index contributed by atoms with van der Waals surface area (Å²) in [5, 5.41) is 0.635. The molecular formula is C15H15N3OS. The van der Waals surface area contributed by atoms with Crippen LogP contribution in [0.25, 0.3) is 15.9 Å². The van der Waals surface area contributed by atoms with E-state index >= 15 is 0 Å². The molecule has 0 saturated carbocycles. The minimum Gasteiger partial charge on any atom is -0.268 e. The predicted molar refractivity (Wildman–Crippen MR) is 81.9 cm³/mol. The van der Waals surface area contributed by atoms with Crippen LogP contribution in [0.1, 0.15) is 24.0 Å². The molecule has 0 amide bonds. The molecule has 0 aliphatic carbocycles. The minimum atomic E-state index is -0.0209. The number of aromatic nitrogens is 3. The Bertz CT molecular complexity index is 848. The first-order chi connectivity index (χ1) is 9.63. The fourth-order valence-electron chi connectivity index (χ4n) is 2.38. The highest BCUT2D eigenvalue weighted by molar-refractivity contribution is 7.12. The van der Waals surface area contributed by atoms with E-state index in [1.165, 1.54) is 11.5 Å². The van der Waals surface area contributed by atoms with Crippen LogP contribution < -0.4 is 5.56 Å². The van der Waals surface area contributed by atoms with E-state index in [4.69, 9.17) is 0 Å². The quantitative estimate of drug-likeness (QED) is 0.727. The highest BCUT2D eigenvalue weighted by Crippen LogP contribution is 2.20. The number of hydrogen-bond donors (Lipinski definition) is 0. The van der Waals surface area contributed by atoms with E-state index in [9.17, 15) is 4.79 Å². The molecule has 0 N–H and O–H groups in total. The molecule has 0 aliphatic rings. The second kappa shape index (κ2) is 4.83. The minimum absolute atomic E-state index is 0.0209. The number of fused-ring (bicyclic) bond motifs is 1. The lowest BCUT2D eigenvalue weighted by molar-refractivity contribution is 0.830. The monoisotopic (exact) mass is 285 g/mol. The summed E-state index contributed by atoms with van der Waals surface area (Å²) in [6, 6.07) is 7.87. The van der Waals surface area contributed by atoms with E-state index in [0.717, 1.165) is 27.6 Å². The second-order valence-electron chi connectivity index (χ2n) is 4.76. The fourth-order valence-corrected chi connectivity index (χ4v) is 3.16. The average Bonchev–Trinajstić information content (AvgIpc) is 2.81. The van der Waals surface area contributed by atoms with Crippen LogP contribution in [0.5, 0.6) is 0 Å². The number of para-hydroxylation sites is 1. The van der Waals surface area contributed by atoms with Crippen molar-refractivity contribution in [1.29, 1.82) is 0 Å². The predicted octanol–water partition coefficient (Wildman–Crippen LogP) is 3.02. The summed E-state index contributed by atoms with van der Waals surface area (Å²) in [7, 11) is 0. The summed E-state index contributed by atoms with van der Waals surface area (Å²) in [5.41, 5.74) is 2.69. The maximum Gasteiger partial charge on any atom is 0.268 e. The third-order valence-corrected chi connectivity index (χ3v) is 4.26. The van der Waals surface area contributed by atoms with Crippen molar-refractivity contribution in [1.82, 2.24) is 13.9 Å². The molecule has 2 aromatic heterocycles. The molecule has 0 atom stereocenters. The van der Waals surface area contributed by atoms with Crippen molar-refractivity contribution in [3.05, 3.63) is 51.7 Å². The summed E-state index contributed by atoms with van der Waals surface area (Å²) < 4.78 is 5.98. The molecule has 0 spiro atoms. The van der Waals surface area contributed by atoms with Gasteiger partial charge in [0, 0.05) is 6.42 Å². The third kappa shape index (κ3) is 1.86. The zero-order valence-corrected chi connectivity index (χ0v) is 12.5. The molecule has 5 heteroatoms. The zero-order valence-electron chi connectivity index (χ0n) is 11.7. The van der Waals surface area contributed by atoms with Gasteiger partial charge in [0.25, 0.3) is 5.56 Å². The molecule has 0 saturated heterocycles. The van der Waals surface area contributed by atoms with Crippen molar-refractivity contribution in [2.24, 2.45) is 0 Å². The van der Waals surface area contributed by atoms with Crippen LogP contribution in [0.4, 0.5) is 0 Å². The number of nitrogens with zero attached hydrogens (tertiary/aromatic N) is 3. The number of rotatable bonds is 2. The Morgan fingerprint density at radius 3 is 2.70 bits per heavy atom. The van der Waals surface area contributed by atoms with Crippen LogP contribution in [-0.2, 0) is 6.42 Å². The first-order valence-corrected chi connectivity index (χ1v) is 7.34. The van der Waals surface area contributed by atoms with Gasteiger partial charge in [-0.3, -0.25) is 9.36 Å². The molecule has 3 aromatic rings. The smallest absolute Gasteiger partial charge is 0.268 e. The van der Waals surface area contributed by atoms with Crippen LogP contribution in [-0.4, -0.2) is 13.9 Å². The molecule has 0 unspecified atom stereocenters. The zero-order chi connectivity index (χ0) is 14.3. The number of benzene rings is 1. The van der Waals surface area contributed by atoms with Gasteiger partial charge in [0.2, 0.25) is 0 Å². The van der Waals surface area contributed by atoms with E-state index in [2.05, 4.69) is 9.36 Å². The largest absolute Gasteiger partial charge is 0.268 e. The van der Waals surface area contributed by atoms with Gasteiger partial charge in [-0.05, 0) is 37.0 Å². The summed E-state index contributed by atoms with van der Waals surface area (Å²) >= 11 is 1.29. The first-order valence-electron chi connectivity index (χ1n) is 6.57. The Morgan fingerprint density at radius 2 is 2.00 bits per heavy atom. The van der Waals surface area contributed by atoms with Gasteiger partial charge in [0.05, 0.1) is 11.4 Å². The molecule has 0 fully saturated rings. The maximum absolute atomic E-state index is 12.8. The van der Waals surface area contributed by atoms with Crippen LogP contribution in [0.3, 0.4) is 0 Å². The summed E-state index contributed by atoms with van der Waals surface area (Å²) in [6.07, 6.45) is 0.705. The summed E-state index contributed by atoms with van der Waals surface area (Å²) in [5.74, 6) is 0.778. The van der Waals surface area contributed by atoms with Crippen LogP contribution >= 0.6 is 11.5 Å². The van der Waals surface area contributed by atoms with Gasteiger partial charge < -0.3 is 0 Å². The van der Waals surface area contributed by atoms with E-state index in [1.54, 1.807) is 4.57 Å². The molecule has 0 radical (unpaired) electrons. The third-order valence-electron chi connectivity index (χ3n) is 3.42. The van der Waals surface area contributed by atoms with Gasteiger partial charge >= 0.3 is 0 Å². The molecule has 2 heterocycles. The van der Waals surface area contributed by atoms with Crippen molar-refractivity contribution in [3.8, 4) is 5.69 Å². The van der Waals surface area contributed by atoms with E-state index in [-0.39, 0.29) is 5.56 Å². The average molecular weight is 285 g/mol. The van der Waals surface area contributed by atoms with Gasteiger partial charge in [-0.2, -0.15) is 4.37 Å². The Balaban J connectivity index is 2.46. The number of aryl methyl sites for hydroxylation is 3. The molecule has 102 valence electrons. The van der Waals surface area contributed by atoms with Crippen molar-refractivity contribution >= 4 is 21.7 Å². The van der Waals surface area contributed by atoms with Crippen molar-refractivity contribution in [3.63, 3.8) is 0 Å². The SMILES string of the molecule is CCc1nc2snc(C)c2c(=O)n1-c1ccccc1C. The lowest BCUT2D eigenvalue weighted by atomic mass is 10.2. The number of hydrogen-bond acceptors (Lipinski definition) is 4. The Hall–Kier alpha value is -2.01. The topological polar surface area (TPSA) is 47.8 Å². The van der Waals surface area contributed by atoms with Gasteiger partial charge in [-0.25, -0.2) is 4.98 Å². The molecule has 0 bridgehead atoms. The molecule has 4 nitrogen and oxygen atoms in total. The lowest BCUT2D eigenvalue weighted by Gasteiger charge is -2.13. The van der Waals surface area contributed by atoms with Crippen LogP contribution in [0.15, 0.2) is 29.1 Å². The second-order valence-corrected chi connectivity index (χ2v) is 5.51. The van der Waals surface area contributed by atoms with Crippen LogP contribution in [0, 0.1) is 13.8 Å². The van der Waals surface area contributed by atoms with E-state index in [1.807, 2.05) is 45.0 Å². The van der Waals surface area contributed by atoms with Gasteiger partial charge in [0.15, 0.2) is 4.83 Å². The van der Waals surface area contributed by atoms with E-state index in [0.29, 0.717) is 11.8 Å². The normalized spacial score (nSPS) is 11.2. The molecule has 3 rings (SSSR count). The van der Waals surface area contributed by atoms with Crippen molar-refractivity contribution in [2.45, 2.75) is 27.2 Å².